The first-order chi connectivity index (χ1) is 11.9. The van der Waals surface area contributed by atoms with Crippen LogP contribution in [0.2, 0.25) is 10.0 Å². The van der Waals surface area contributed by atoms with E-state index in [1.165, 1.54) is 0 Å². The molecule has 1 saturated heterocycles. The number of aliphatic carboxylic acids is 1. The Labute approximate surface area is 156 Å². The quantitative estimate of drug-likeness (QED) is 0.247. The lowest BCUT2D eigenvalue weighted by Gasteiger charge is -2.45. The van der Waals surface area contributed by atoms with E-state index in [1.807, 2.05) is 0 Å². The minimum Gasteiger partial charge on any atom is -0.480 e. The highest BCUT2D eigenvalue weighted by atomic mass is 35.5. The maximum absolute atomic E-state index is 10.8. The Morgan fingerprint density at radius 1 is 1.44 bits per heavy atom. The molecule has 1 aromatic rings. The molecule has 1 aliphatic rings. The fourth-order valence-corrected chi connectivity index (χ4v) is 6.02. The third-order valence-corrected chi connectivity index (χ3v) is 7.63. The number of nitrogens with zero attached hydrogens (tertiary/aromatic N) is 3. The van der Waals surface area contributed by atoms with Gasteiger partial charge in [-0.15, -0.1) is 0 Å². The van der Waals surface area contributed by atoms with Crippen molar-refractivity contribution in [2.75, 3.05) is 19.0 Å². The molecule has 1 heterocycles. The number of aliphatic hydroxyl groups is 2. The van der Waals surface area contributed by atoms with Crippen LogP contribution in [0.15, 0.2) is 28.2 Å². The molecule has 0 amide bonds. The molecule has 2 rings (SSSR count). The van der Waals surface area contributed by atoms with E-state index in [0.717, 1.165) is 4.90 Å². The summed E-state index contributed by atoms with van der Waals surface area (Å²) in [6.07, 6.45) is -1.96. The number of azide groups is 1. The van der Waals surface area contributed by atoms with E-state index in [1.54, 1.807) is 18.2 Å². The van der Waals surface area contributed by atoms with Crippen molar-refractivity contribution in [2.24, 2.45) is 5.11 Å². The van der Waals surface area contributed by atoms with Crippen molar-refractivity contribution in [2.45, 2.75) is 28.4 Å². The zero-order valence-electron chi connectivity index (χ0n) is 12.9. The summed E-state index contributed by atoms with van der Waals surface area (Å²) in [5, 5.41) is 32.8. The molecule has 0 aromatic heterocycles. The van der Waals surface area contributed by atoms with Gasteiger partial charge in [-0.2, -0.15) is 0 Å². The lowest BCUT2D eigenvalue weighted by molar-refractivity contribution is -0.145. The summed E-state index contributed by atoms with van der Waals surface area (Å²) < 4.78 is 5.33. The first-order valence-electron chi connectivity index (χ1n) is 7.27. The number of halogens is 2. The Balaban J connectivity index is 2.36. The van der Waals surface area contributed by atoms with Crippen molar-refractivity contribution in [1.29, 1.82) is 0 Å². The van der Waals surface area contributed by atoms with E-state index in [2.05, 4.69) is 10.0 Å². The van der Waals surface area contributed by atoms with Crippen molar-refractivity contribution in [1.82, 2.24) is 0 Å². The molecule has 0 aliphatic carbocycles. The van der Waals surface area contributed by atoms with Gasteiger partial charge in [-0.05, 0) is 28.6 Å². The van der Waals surface area contributed by atoms with Gasteiger partial charge in [0, 0.05) is 15.9 Å². The van der Waals surface area contributed by atoms with Crippen LogP contribution in [0.4, 0.5) is 0 Å². The summed E-state index contributed by atoms with van der Waals surface area (Å²) in [6, 6.07) is 4.04. The molecule has 1 fully saturated rings. The topological polar surface area (TPSA) is 136 Å². The maximum atomic E-state index is 10.8. The van der Waals surface area contributed by atoms with Crippen LogP contribution >= 0.6 is 34.1 Å². The molecule has 11 heteroatoms. The number of carboxylic acid groups (broad SMARTS) is 1. The number of thiol groups is 1. The van der Waals surface area contributed by atoms with E-state index in [0.29, 0.717) is 15.8 Å². The molecule has 138 valence electrons. The number of aliphatic hydroxyl groups excluding tert-OH is 2. The normalized spacial score (nSPS) is 30.5. The highest BCUT2D eigenvalue weighted by Gasteiger charge is 2.43. The van der Waals surface area contributed by atoms with Gasteiger partial charge in [-0.1, -0.05) is 28.3 Å². The summed E-state index contributed by atoms with van der Waals surface area (Å²) in [7, 11) is -1.15. The van der Waals surface area contributed by atoms with E-state index in [4.69, 9.17) is 38.6 Å². The number of ether oxygens (including phenoxy) is 1. The number of carboxylic acids is 1. The van der Waals surface area contributed by atoms with Crippen molar-refractivity contribution >= 4 is 40.1 Å². The second kappa shape index (κ2) is 8.95. The highest BCUT2D eigenvalue weighted by molar-refractivity contribution is 8.17. The van der Waals surface area contributed by atoms with Crippen LogP contribution in [-0.4, -0.2) is 63.8 Å². The van der Waals surface area contributed by atoms with Gasteiger partial charge >= 0.3 is 5.97 Å². The van der Waals surface area contributed by atoms with Gasteiger partial charge in [0.1, 0.15) is 6.61 Å². The predicted octanol–water partition coefficient (Wildman–Crippen LogP) is 2.24. The van der Waals surface area contributed by atoms with Gasteiger partial charge in [0.15, 0.2) is 0 Å². The van der Waals surface area contributed by atoms with Gasteiger partial charge in [0.2, 0.25) is 0 Å². The predicted molar refractivity (Wildman–Crippen MR) is 95.8 cm³/mol. The van der Waals surface area contributed by atoms with Gasteiger partial charge in [0.05, 0.1) is 34.9 Å². The van der Waals surface area contributed by atoms with Crippen molar-refractivity contribution in [3.63, 3.8) is 0 Å². The van der Waals surface area contributed by atoms with E-state index in [9.17, 15) is 15.0 Å². The van der Waals surface area contributed by atoms with Crippen LogP contribution in [0.25, 0.3) is 10.4 Å². The Kier molecular flexibility index (Phi) is 7.21. The first-order valence-corrected chi connectivity index (χ1v) is 9.62. The second-order valence-electron chi connectivity index (χ2n) is 5.43. The zero-order chi connectivity index (χ0) is 18.6. The molecular weight excluding hydrogens is 393 g/mol. The Morgan fingerprint density at radius 2 is 2.16 bits per heavy atom. The van der Waals surface area contributed by atoms with Crippen LogP contribution < -0.4 is 0 Å². The summed E-state index contributed by atoms with van der Waals surface area (Å²) >= 11 is 12.0. The molecule has 0 radical (unpaired) electrons. The van der Waals surface area contributed by atoms with E-state index < -0.39 is 47.0 Å². The molecule has 3 N–H and O–H groups in total. The SMILES string of the molecule is [N-]=[N+]=N[C@H]1[C@@H](O)[C@@H](CO)[SH](c2ccc(Cl)c(Cl)c2)C[C@@H]1OCC(=O)O. The molecule has 1 aromatic carbocycles. The molecule has 25 heavy (non-hydrogen) atoms. The zero-order valence-corrected chi connectivity index (χ0v) is 15.3. The van der Waals surface area contributed by atoms with E-state index >= 15 is 0 Å². The summed E-state index contributed by atoms with van der Waals surface area (Å²) in [5.41, 5.74) is 8.73. The average molecular weight is 410 g/mol. The van der Waals surface area contributed by atoms with Gasteiger partial charge in [0.25, 0.3) is 0 Å². The minimum absolute atomic E-state index is 0.312. The van der Waals surface area contributed by atoms with Gasteiger partial charge in [-0.3, -0.25) is 0 Å². The summed E-state index contributed by atoms with van der Waals surface area (Å²) in [5.74, 6) is -0.857. The molecule has 8 nitrogen and oxygen atoms in total. The second-order valence-corrected chi connectivity index (χ2v) is 8.73. The molecule has 0 saturated carbocycles. The fraction of sp³-hybridized carbons (Fsp3) is 0.500. The molecule has 0 bridgehead atoms. The number of benzene rings is 1. The van der Waals surface area contributed by atoms with Crippen LogP contribution in [0.3, 0.4) is 0 Å². The van der Waals surface area contributed by atoms with Gasteiger partial charge < -0.3 is 20.1 Å². The third-order valence-electron chi connectivity index (χ3n) is 3.93. The Hall–Kier alpha value is -1.19. The van der Waals surface area contributed by atoms with Gasteiger partial charge in [-0.25, -0.2) is 15.7 Å². The lowest BCUT2D eigenvalue weighted by Crippen LogP contribution is -2.52. The number of rotatable bonds is 6. The third kappa shape index (κ3) is 4.71. The average Bonchev–Trinajstić information content (AvgIpc) is 2.57. The number of hydrogen-bond acceptors (Lipinski definition) is 5. The van der Waals surface area contributed by atoms with Crippen LogP contribution in [0.1, 0.15) is 0 Å². The minimum atomic E-state index is -1.17. The molecular formula is C14H17Cl2N3O5S. The summed E-state index contributed by atoms with van der Waals surface area (Å²) in [6.45, 7) is -0.903. The number of hydrogen-bond donors (Lipinski definition) is 4. The lowest BCUT2D eigenvalue weighted by atomic mass is 10.0. The van der Waals surface area contributed by atoms with Crippen molar-refractivity contribution in [3.05, 3.63) is 38.7 Å². The molecule has 5 atom stereocenters. The van der Waals surface area contributed by atoms with Crippen molar-refractivity contribution < 1.29 is 24.9 Å². The van der Waals surface area contributed by atoms with E-state index in [-0.39, 0.29) is 6.61 Å². The smallest absolute Gasteiger partial charge is 0.329 e. The monoisotopic (exact) mass is 409 g/mol. The fourth-order valence-electron chi connectivity index (χ4n) is 2.77. The van der Waals surface area contributed by atoms with Crippen molar-refractivity contribution in [3.8, 4) is 0 Å². The molecule has 1 unspecified atom stereocenters. The highest BCUT2D eigenvalue weighted by Crippen LogP contribution is 2.49. The maximum Gasteiger partial charge on any atom is 0.329 e. The molecule has 0 spiro atoms. The summed E-state index contributed by atoms with van der Waals surface area (Å²) in [4.78, 5) is 14.3. The largest absolute Gasteiger partial charge is 0.480 e. The van der Waals surface area contributed by atoms with Crippen LogP contribution in [0, 0.1) is 0 Å². The van der Waals surface area contributed by atoms with Crippen LogP contribution in [-0.2, 0) is 9.53 Å². The molecule has 1 aliphatic heterocycles. The standard InChI is InChI=1S/C14H17Cl2N3O5S/c15-8-2-1-7(3-9(8)16)25-6-10(24-5-12(21)22)13(18-19-17)14(23)11(25)4-20/h1-3,10-11,13-14,20,23,25H,4-6H2,(H,21,22)/t10-,11+,13+,14-/m0/s1. The number of carbonyl (C=O) groups is 1. The Morgan fingerprint density at radius 3 is 2.72 bits per heavy atom. The Bertz CT molecular complexity index is 688. The van der Waals surface area contributed by atoms with Crippen LogP contribution in [0.5, 0.6) is 0 Å². The first kappa shape index (κ1) is 20.1.